The van der Waals surface area contributed by atoms with E-state index in [1.165, 1.54) is 18.2 Å². The van der Waals surface area contributed by atoms with Crippen molar-refractivity contribution in [3.63, 3.8) is 0 Å². The Balaban J connectivity index is 0.00000220. The van der Waals surface area contributed by atoms with E-state index in [1.807, 2.05) is 30.3 Å². The maximum absolute atomic E-state index is 11.5. The number of nitrogens with zero attached hydrogens (tertiary/aromatic N) is 1. The van der Waals surface area contributed by atoms with Gasteiger partial charge in [-0.05, 0) is 12.0 Å². The number of carbonyl (C=O) groups is 1. The first-order chi connectivity index (χ1) is 9.59. The number of benzene rings is 2. The van der Waals surface area contributed by atoms with Crippen LogP contribution in [0.5, 0.6) is 0 Å². The molecule has 104 valence electrons. The molecule has 0 saturated heterocycles. The van der Waals surface area contributed by atoms with Crippen molar-refractivity contribution in [1.82, 2.24) is 0 Å². The first-order valence-electron chi connectivity index (χ1n) is 6.09. The number of hydrogen-bond acceptors (Lipinski definition) is 3. The van der Waals surface area contributed by atoms with Crippen LogP contribution in [0.3, 0.4) is 0 Å². The monoisotopic (exact) mass is 311 g/mol. The Morgan fingerprint density at radius 1 is 1.10 bits per heavy atom. The molecule has 0 aliphatic rings. The van der Waals surface area contributed by atoms with Crippen LogP contribution in [-0.2, 0) is 11.2 Å². The molecule has 1 atom stereocenters. The number of hydrogen-bond donors (Lipinski definition) is 1. The molecule has 0 bridgehead atoms. The van der Waals surface area contributed by atoms with Gasteiger partial charge in [0.1, 0.15) is 0 Å². The summed E-state index contributed by atoms with van der Waals surface area (Å²) in [7, 11) is 0. The summed E-state index contributed by atoms with van der Waals surface area (Å²) in [6, 6.07) is 15.1. The van der Waals surface area contributed by atoms with Crippen LogP contribution < -0.4 is 0 Å². The molecule has 0 aliphatic carbocycles. The van der Waals surface area contributed by atoms with Crippen molar-refractivity contribution in [3.8, 4) is 0 Å². The molecule has 0 radical (unpaired) electrons. The number of nitro benzene ring substituents is 1. The number of aliphatic carboxylic acids is 1. The molecule has 2 rings (SSSR count). The maximum atomic E-state index is 11.5. The van der Waals surface area contributed by atoms with Crippen LogP contribution in [0.1, 0.15) is 17.0 Å². The topological polar surface area (TPSA) is 80.4 Å². The van der Waals surface area contributed by atoms with Crippen molar-refractivity contribution >= 4 is 63.0 Å². The molecule has 1 unspecified atom stereocenters. The van der Waals surface area contributed by atoms with Gasteiger partial charge in [-0.2, -0.15) is 0 Å². The van der Waals surface area contributed by atoms with Crippen LogP contribution in [0.25, 0.3) is 0 Å². The fraction of sp³-hybridized carbons (Fsp3) is 0.133. The minimum atomic E-state index is -1.07. The van der Waals surface area contributed by atoms with Crippen molar-refractivity contribution in [2.75, 3.05) is 0 Å². The molecule has 0 aromatic heterocycles. The van der Waals surface area contributed by atoms with Gasteiger partial charge < -0.3 is 5.11 Å². The quantitative estimate of drug-likeness (QED) is 0.522. The molecule has 0 fully saturated rings. The summed E-state index contributed by atoms with van der Waals surface area (Å²) in [4.78, 5) is 21.9. The van der Waals surface area contributed by atoms with Gasteiger partial charge in [-0.15, -0.1) is 0 Å². The Hall–Kier alpha value is -1.05. The van der Waals surface area contributed by atoms with Gasteiger partial charge >= 0.3 is 57.4 Å². The van der Waals surface area contributed by atoms with Crippen molar-refractivity contribution in [1.29, 1.82) is 0 Å². The molecule has 0 saturated carbocycles. The van der Waals surface area contributed by atoms with Crippen molar-refractivity contribution in [2.24, 2.45) is 0 Å². The van der Waals surface area contributed by atoms with E-state index in [2.05, 4.69) is 0 Å². The van der Waals surface area contributed by atoms with Crippen molar-refractivity contribution in [3.05, 3.63) is 75.8 Å². The van der Waals surface area contributed by atoms with Crippen molar-refractivity contribution in [2.45, 2.75) is 12.3 Å². The molecular weight excluding hydrogens is 297 g/mol. The first kappa shape index (κ1) is 18.0. The minimum absolute atomic E-state index is 0. The Bertz CT molecular complexity index is 631. The van der Waals surface area contributed by atoms with E-state index < -0.39 is 16.8 Å². The van der Waals surface area contributed by atoms with E-state index >= 15 is 0 Å². The molecule has 0 spiro atoms. The Kier molecular flexibility index (Phi) is 7.20. The standard InChI is InChI=1S/C15H13NO4.K.H/c17-15(18)13(10-11-6-2-1-3-7-11)12-8-4-5-9-14(12)16(19)20;;/h1-9,13H,10H2,(H,17,18);;. The van der Waals surface area contributed by atoms with Gasteiger partial charge in [0.05, 0.1) is 10.8 Å². The summed E-state index contributed by atoms with van der Waals surface area (Å²) < 4.78 is 0. The first-order valence-corrected chi connectivity index (χ1v) is 6.09. The molecule has 5 nitrogen and oxygen atoms in total. The normalized spacial score (nSPS) is 11.2. The third kappa shape index (κ3) is 4.72. The predicted molar refractivity (Wildman–Crippen MR) is 80.8 cm³/mol. The fourth-order valence-electron chi connectivity index (χ4n) is 2.13. The summed E-state index contributed by atoms with van der Waals surface area (Å²) in [6.45, 7) is 0. The average molecular weight is 311 g/mol. The van der Waals surface area contributed by atoms with Gasteiger partial charge in [0.15, 0.2) is 0 Å². The Labute approximate surface area is 164 Å². The second kappa shape index (κ2) is 8.40. The molecule has 6 heteroatoms. The van der Waals surface area contributed by atoms with Crippen LogP contribution in [0.15, 0.2) is 54.6 Å². The third-order valence-corrected chi connectivity index (χ3v) is 3.09. The summed E-state index contributed by atoms with van der Waals surface area (Å²) in [5.74, 6) is -2.00. The van der Waals surface area contributed by atoms with Gasteiger partial charge in [-0.25, -0.2) is 0 Å². The molecule has 2 aromatic rings. The van der Waals surface area contributed by atoms with Gasteiger partial charge in [0, 0.05) is 11.6 Å². The molecule has 2 aromatic carbocycles. The average Bonchev–Trinajstić information content (AvgIpc) is 2.45. The molecule has 1 N–H and O–H groups in total. The predicted octanol–water partition coefficient (Wildman–Crippen LogP) is 2.36. The number of para-hydroxylation sites is 1. The number of nitro groups is 1. The van der Waals surface area contributed by atoms with E-state index in [-0.39, 0.29) is 69.1 Å². The van der Waals surface area contributed by atoms with Crippen molar-refractivity contribution < 1.29 is 14.8 Å². The van der Waals surface area contributed by atoms with E-state index in [0.717, 1.165) is 5.56 Å². The third-order valence-electron chi connectivity index (χ3n) is 3.09. The van der Waals surface area contributed by atoms with Gasteiger partial charge in [-0.3, -0.25) is 14.9 Å². The molecule has 0 heterocycles. The molecular formula is C15H14KNO4. The summed E-state index contributed by atoms with van der Waals surface area (Å²) in [5.41, 5.74) is 0.905. The summed E-state index contributed by atoms with van der Waals surface area (Å²) in [6.07, 6.45) is 0.223. The zero-order chi connectivity index (χ0) is 14.5. The fourth-order valence-corrected chi connectivity index (χ4v) is 2.13. The van der Waals surface area contributed by atoms with Crippen LogP contribution in [0.4, 0.5) is 5.69 Å². The second-order valence-electron chi connectivity index (χ2n) is 4.40. The number of rotatable bonds is 5. The summed E-state index contributed by atoms with van der Waals surface area (Å²) in [5, 5.41) is 20.4. The van der Waals surface area contributed by atoms with Gasteiger partial charge in [0.2, 0.25) is 0 Å². The van der Waals surface area contributed by atoms with E-state index in [0.29, 0.717) is 0 Å². The zero-order valence-electron chi connectivity index (χ0n) is 10.6. The Morgan fingerprint density at radius 2 is 1.67 bits per heavy atom. The number of carboxylic acid groups (broad SMARTS) is 1. The second-order valence-corrected chi connectivity index (χ2v) is 4.40. The molecule has 0 amide bonds. The SMILES string of the molecule is O=C(O)C(Cc1ccccc1)c1ccccc1[N+](=O)[O-].[KH]. The zero-order valence-corrected chi connectivity index (χ0v) is 10.6. The van der Waals surface area contributed by atoms with Gasteiger partial charge in [-0.1, -0.05) is 48.5 Å². The Morgan fingerprint density at radius 3 is 2.24 bits per heavy atom. The van der Waals surface area contributed by atoms with Crippen LogP contribution in [0.2, 0.25) is 0 Å². The molecule has 21 heavy (non-hydrogen) atoms. The van der Waals surface area contributed by atoms with E-state index in [4.69, 9.17) is 0 Å². The van der Waals surface area contributed by atoms with E-state index in [9.17, 15) is 20.0 Å². The van der Waals surface area contributed by atoms with E-state index in [1.54, 1.807) is 6.07 Å². The van der Waals surface area contributed by atoms with Crippen LogP contribution >= 0.6 is 0 Å². The van der Waals surface area contributed by atoms with Crippen LogP contribution in [0, 0.1) is 10.1 Å². The summed E-state index contributed by atoms with van der Waals surface area (Å²) >= 11 is 0. The molecule has 0 aliphatic heterocycles. The number of carboxylic acids is 1. The van der Waals surface area contributed by atoms with Crippen LogP contribution in [-0.4, -0.2) is 67.4 Å². The van der Waals surface area contributed by atoms with Gasteiger partial charge in [0.25, 0.3) is 5.69 Å².